The molecular weight excluding hydrogens is 404 g/mol. The molecule has 0 bridgehead atoms. The smallest absolute Gasteiger partial charge is 0.118 e. The van der Waals surface area contributed by atoms with Gasteiger partial charge in [-0.25, -0.2) is 0 Å². The first-order chi connectivity index (χ1) is 14.4. The summed E-state index contributed by atoms with van der Waals surface area (Å²) in [5, 5.41) is 40.3. The van der Waals surface area contributed by atoms with E-state index in [-0.39, 0.29) is 0 Å². The van der Waals surface area contributed by atoms with Crippen LogP contribution in [0.25, 0.3) is 0 Å². The topological polar surface area (TPSA) is 99.4 Å². The fourth-order valence-electron chi connectivity index (χ4n) is 4.19. The van der Waals surface area contributed by atoms with Crippen LogP contribution in [0, 0.1) is 0 Å². The molecule has 30 heavy (non-hydrogen) atoms. The van der Waals surface area contributed by atoms with E-state index in [1.165, 1.54) is 5.56 Å². The molecule has 2 aliphatic heterocycles. The maximum atomic E-state index is 10.5. The summed E-state index contributed by atoms with van der Waals surface area (Å²) in [6.07, 6.45) is -4.94. The Morgan fingerprint density at radius 3 is 2.43 bits per heavy atom. The van der Waals surface area contributed by atoms with Crippen LogP contribution < -0.4 is 0 Å². The lowest BCUT2D eigenvalue weighted by Gasteiger charge is -2.41. The van der Waals surface area contributed by atoms with Crippen LogP contribution in [-0.2, 0) is 21.5 Å². The molecule has 1 fully saturated rings. The van der Waals surface area contributed by atoms with Gasteiger partial charge in [0.2, 0.25) is 0 Å². The van der Waals surface area contributed by atoms with E-state index >= 15 is 0 Å². The van der Waals surface area contributed by atoms with Crippen molar-refractivity contribution in [2.24, 2.45) is 0 Å². The summed E-state index contributed by atoms with van der Waals surface area (Å²) in [7, 11) is 0. The predicted molar refractivity (Wildman–Crippen MR) is 113 cm³/mol. The molecule has 0 saturated carbocycles. The van der Waals surface area contributed by atoms with Gasteiger partial charge in [0.25, 0.3) is 0 Å². The molecule has 0 aliphatic carbocycles. The molecule has 4 rings (SSSR count). The SMILES string of the molecule is CCc1ccc(C2(C)OCSc3ccc(C4OC(CO)C(O)C(O)C4O)cc32)cc1. The largest absolute Gasteiger partial charge is 0.394 e. The van der Waals surface area contributed by atoms with Gasteiger partial charge in [-0.15, -0.1) is 0 Å². The third kappa shape index (κ3) is 3.69. The third-order valence-corrected chi connectivity index (χ3v) is 7.12. The standard InChI is InChI=1S/C23H28O6S/c1-3-13-4-7-15(8-5-13)23(2)16-10-14(6-9-18(16)30-12-28-23)22-21(27)20(26)19(25)17(11-24)29-22/h4-10,17,19-22,24-27H,3,11-12H2,1-2H3. The summed E-state index contributed by atoms with van der Waals surface area (Å²) in [5.74, 6) is 0.526. The number of rotatable bonds is 4. The number of thioether (sulfide) groups is 1. The van der Waals surface area contributed by atoms with Crippen molar-refractivity contribution in [3.63, 3.8) is 0 Å². The first-order valence-electron chi connectivity index (χ1n) is 10.2. The maximum Gasteiger partial charge on any atom is 0.118 e. The van der Waals surface area contributed by atoms with Gasteiger partial charge in [-0.2, -0.15) is 0 Å². The van der Waals surface area contributed by atoms with Crippen LogP contribution >= 0.6 is 11.8 Å². The molecule has 6 atom stereocenters. The Morgan fingerprint density at radius 1 is 1.03 bits per heavy atom. The predicted octanol–water partition coefficient (Wildman–Crippen LogP) is 2.11. The van der Waals surface area contributed by atoms with Crippen molar-refractivity contribution in [2.75, 3.05) is 12.5 Å². The second-order valence-electron chi connectivity index (χ2n) is 8.00. The zero-order chi connectivity index (χ0) is 21.5. The van der Waals surface area contributed by atoms with Gasteiger partial charge in [0.15, 0.2) is 0 Å². The summed E-state index contributed by atoms with van der Waals surface area (Å²) >= 11 is 1.60. The highest BCUT2D eigenvalue weighted by molar-refractivity contribution is 7.99. The van der Waals surface area contributed by atoms with Crippen molar-refractivity contribution in [1.82, 2.24) is 0 Å². The Balaban J connectivity index is 1.73. The van der Waals surface area contributed by atoms with Gasteiger partial charge in [-0.1, -0.05) is 49.0 Å². The van der Waals surface area contributed by atoms with Crippen LogP contribution in [0.2, 0.25) is 0 Å². The van der Waals surface area contributed by atoms with Gasteiger partial charge in [0, 0.05) is 10.5 Å². The van der Waals surface area contributed by atoms with Crippen LogP contribution in [-0.4, -0.2) is 57.4 Å². The zero-order valence-corrected chi connectivity index (χ0v) is 17.9. The molecule has 2 heterocycles. The van der Waals surface area contributed by atoms with Crippen LogP contribution in [0.3, 0.4) is 0 Å². The molecule has 2 aliphatic rings. The number of ether oxygens (including phenoxy) is 2. The Morgan fingerprint density at radius 2 is 1.77 bits per heavy atom. The minimum absolute atomic E-state index is 0.452. The van der Waals surface area contributed by atoms with Crippen LogP contribution in [0.5, 0.6) is 0 Å². The zero-order valence-electron chi connectivity index (χ0n) is 17.1. The quantitative estimate of drug-likeness (QED) is 0.587. The van der Waals surface area contributed by atoms with Gasteiger partial charge >= 0.3 is 0 Å². The maximum absolute atomic E-state index is 10.5. The molecule has 2 aromatic rings. The number of fused-ring (bicyclic) bond motifs is 1. The van der Waals surface area contributed by atoms with Crippen molar-refractivity contribution < 1.29 is 29.9 Å². The highest BCUT2D eigenvalue weighted by Crippen LogP contribution is 2.45. The first kappa shape index (κ1) is 21.8. The van der Waals surface area contributed by atoms with E-state index in [4.69, 9.17) is 9.47 Å². The molecule has 1 saturated heterocycles. The van der Waals surface area contributed by atoms with E-state index in [9.17, 15) is 20.4 Å². The van der Waals surface area contributed by atoms with Gasteiger partial charge in [0.1, 0.15) is 36.1 Å². The third-order valence-electron chi connectivity index (χ3n) is 6.21. The van der Waals surface area contributed by atoms with Gasteiger partial charge < -0.3 is 29.9 Å². The molecule has 0 aromatic heterocycles. The Bertz CT molecular complexity index is 886. The number of hydrogen-bond acceptors (Lipinski definition) is 7. The highest BCUT2D eigenvalue weighted by Gasteiger charge is 2.45. The Kier molecular flexibility index (Phi) is 6.23. The first-order valence-corrected chi connectivity index (χ1v) is 11.2. The van der Waals surface area contributed by atoms with E-state index in [0.29, 0.717) is 11.5 Å². The second-order valence-corrected chi connectivity index (χ2v) is 8.96. The average molecular weight is 433 g/mol. The van der Waals surface area contributed by atoms with Gasteiger partial charge in [0.05, 0.1) is 12.5 Å². The summed E-state index contributed by atoms with van der Waals surface area (Å²) in [4.78, 5) is 1.08. The van der Waals surface area contributed by atoms with Crippen LogP contribution in [0.15, 0.2) is 47.4 Å². The highest BCUT2D eigenvalue weighted by atomic mass is 32.2. The fraction of sp³-hybridized carbons (Fsp3) is 0.478. The molecule has 2 aromatic carbocycles. The monoisotopic (exact) mass is 432 g/mol. The lowest BCUT2D eigenvalue weighted by Crippen LogP contribution is -2.55. The Labute approximate surface area is 180 Å². The minimum atomic E-state index is -1.41. The lowest BCUT2D eigenvalue weighted by atomic mass is 9.84. The van der Waals surface area contributed by atoms with E-state index in [1.807, 2.05) is 25.1 Å². The molecule has 0 spiro atoms. The van der Waals surface area contributed by atoms with Gasteiger partial charge in [-0.05, 0) is 42.2 Å². The minimum Gasteiger partial charge on any atom is -0.394 e. The molecule has 6 nitrogen and oxygen atoms in total. The van der Waals surface area contributed by atoms with Gasteiger partial charge in [-0.3, -0.25) is 0 Å². The van der Waals surface area contributed by atoms with E-state index < -0.39 is 42.7 Å². The van der Waals surface area contributed by atoms with E-state index in [0.717, 1.165) is 22.4 Å². The van der Waals surface area contributed by atoms with Crippen LogP contribution in [0.4, 0.5) is 0 Å². The summed E-state index contributed by atoms with van der Waals surface area (Å²) < 4.78 is 12.0. The molecule has 7 heteroatoms. The van der Waals surface area contributed by atoms with Crippen molar-refractivity contribution in [3.05, 3.63) is 64.7 Å². The number of aliphatic hydroxyl groups excluding tert-OH is 4. The molecule has 162 valence electrons. The molecular formula is C23H28O6S. The molecule has 6 unspecified atom stereocenters. The van der Waals surface area contributed by atoms with E-state index in [1.54, 1.807) is 11.8 Å². The molecule has 0 amide bonds. The molecule has 0 radical (unpaired) electrons. The number of hydrogen-bond donors (Lipinski definition) is 4. The fourth-order valence-corrected chi connectivity index (χ4v) is 5.18. The van der Waals surface area contributed by atoms with Crippen LogP contribution in [0.1, 0.15) is 42.2 Å². The normalized spacial score (nSPS) is 33.9. The van der Waals surface area contributed by atoms with E-state index in [2.05, 4.69) is 31.2 Å². The molecule has 4 N–H and O–H groups in total. The van der Waals surface area contributed by atoms with Crippen molar-refractivity contribution in [1.29, 1.82) is 0 Å². The van der Waals surface area contributed by atoms with Crippen molar-refractivity contribution in [2.45, 2.75) is 61.3 Å². The lowest BCUT2D eigenvalue weighted by molar-refractivity contribution is -0.231. The summed E-state index contributed by atoms with van der Waals surface area (Å²) in [6, 6.07) is 14.1. The average Bonchev–Trinajstić information content (AvgIpc) is 2.78. The number of aliphatic hydroxyl groups is 4. The van der Waals surface area contributed by atoms with Crippen molar-refractivity contribution in [3.8, 4) is 0 Å². The summed E-state index contributed by atoms with van der Waals surface area (Å²) in [5.41, 5.74) is 3.23. The Hall–Kier alpha value is -1.45. The summed E-state index contributed by atoms with van der Waals surface area (Å²) in [6.45, 7) is 3.70. The number of benzene rings is 2. The van der Waals surface area contributed by atoms with Crippen molar-refractivity contribution >= 4 is 11.8 Å². The second kappa shape index (κ2) is 8.59. The number of aryl methyl sites for hydroxylation is 1.